The van der Waals surface area contributed by atoms with Gasteiger partial charge in [0.2, 0.25) is 15.7 Å². The number of sulfone groups is 1. The molecule has 0 heterocycles. The molecule has 1 amide bonds. The van der Waals surface area contributed by atoms with Crippen LogP contribution in [0.15, 0.2) is 29.2 Å². The van der Waals surface area contributed by atoms with E-state index in [-0.39, 0.29) is 18.0 Å². The minimum Gasteiger partial charge on any atom is -0.325 e. The van der Waals surface area contributed by atoms with Gasteiger partial charge in [0, 0.05) is 6.42 Å². The zero-order chi connectivity index (χ0) is 16.9. The summed E-state index contributed by atoms with van der Waals surface area (Å²) in [6, 6.07) is 5.26. The molecule has 1 aromatic carbocycles. The molecular formula is C16H21F2NO3S. The van der Waals surface area contributed by atoms with Gasteiger partial charge in [-0.2, -0.15) is 8.78 Å². The van der Waals surface area contributed by atoms with Crippen LogP contribution in [-0.2, 0) is 14.6 Å². The second-order valence-corrected chi connectivity index (χ2v) is 7.78. The molecule has 4 nitrogen and oxygen atoms in total. The van der Waals surface area contributed by atoms with Gasteiger partial charge in [0.1, 0.15) is 0 Å². The summed E-state index contributed by atoms with van der Waals surface area (Å²) in [6.07, 6.45) is 6.85. The topological polar surface area (TPSA) is 63.2 Å². The number of carbonyl (C=O) groups is 1. The maximum absolute atomic E-state index is 12.7. The first-order chi connectivity index (χ1) is 10.9. The van der Waals surface area contributed by atoms with Crippen molar-refractivity contribution in [1.29, 1.82) is 0 Å². The highest BCUT2D eigenvalue weighted by Crippen LogP contribution is 2.29. The lowest BCUT2D eigenvalue weighted by atomic mass is 9.86. The van der Waals surface area contributed by atoms with E-state index >= 15 is 0 Å². The zero-order valence-corrected chi connectivity index (χ0v) is 13.6. The molecule has 0 radical (unpaired) electrons. The molecule has 0 saturated heterocycles. The van der Waals surface area contributed by atoms with E-state index in [0.717, 1.165) is 25.3 Å². The zero-order valence-electron chi connectivity index (χ0n) is 12.8. The van der Waals surface area contributed by atoms with Crippen LogP contribution in [0.5, 0.6) is 0 Å². The number of carbonyl (C=O) groups excluding carboxylic acids is 1. The molecule has 1 fully saturated rings. The fraction of sp³-hybridized carbons (Fsp3) is 0.562. The molecule has 0 spiro atoms. The summed E-state index contributed by atoms with van der Waals surface area (Å²) >= 11 is 0. The first kappa shape index (κ1) is 17.8. The minimum atomic E-state index is -4.74. The SMILES string of the molecule is O=C(CCC1CCCCC1)Nc1ccccc1S(=O)(=O)C(F)F. The Morgan fingerprint density at radius 1 is 1.17 bits per heavy atom. The highest BCUT2D eigenvalue weighted by atomic mass is 32.2. The van der Waals surface area contributed by atoms with E-state index in [1.807, 2.05) is 0 Å². The number of para-hydroxylation sites is 1. The standard InChI is InChI=1S/C16H21F2NO3S/c17-16(18)23(21,22)14-9-5-4-8-13(14)19-15(20)11-10-12-6-2-1-3-7-12/h4-5,8-9,12,16H,1-3,6-7,10-11H2,(H,19,20). The van der Waals surface area contributed by atoms with Gasteiger partial charge in [0.25, 0.3) is 0 Å². The Bertz CT molecular complexity index is 640. The lowest BCUT2D eigenvalue weighted by Gasteiger charge is -2.21. The number of hydrogen-bond donors (Lipinski definition) is 1. The van der Waals surface area contributed by atoms with Crippen molar-refractivity contribution in [2.24, 2.45) is 5.92 Å². The first-order valence-corrected chi connectivity index (χ1v) is 9.37. The van der Waals surface area contributed by atoms with Crippen molar-refractivity contribution in [3.05, 3.63) is 24.3 Å². The third kappa shape index (κ3) is 4.73. The summed E-state index contributed by atoms with van der Waals surface area (Å²) in [7, 11) is -4.74. The summed E-state index contributed by atoms with van der Waals surface area (Å²) in [4.78, 5) is 11.5. The lowest BCUT2D eigenvalue weighted by Crippen LogP contribution is -2.18. The quantitative estimate of drug-likeness (QED) is 0.848. The number of alkyl halides is 2. The number of amides is 1. The van der Waals surface area contributed by atoms with Crippen LogP contribution in [0.25, 0.3) is 0 Å². The summed E-state index contributed by atoms with van der Waals surface area (Å²) in [5.74, 6) is -3.33. The fourth-order valence-electron chi connectivity index (χ4n) is 2.94. The van der Waals surface area contributed by atoms with Gasteiger partial charge in [-0.05, 0) is 24.5 Å². The van der Waals surface area contributed by atoms with Crippen LogP contribution in [0.3, 0.4) is 0 Å². The Kier molecular flexibility index (Phi) is 6.10. The van der Waals surface area contributed by atoms with Gasteiger partial charge in [0.15, 0.2) is 0 Å². The highest BCUT2D eigenvalue weighted by molar-refractivity contribution is 7.91. The molecule has 0 aliphatic heterocycles. The van der Waals surface area contributed by atoms with Crippen LogP contribution in [0.2, 0.25) is 0 Å². The molecule has 23 heavy (non-hydrogen) atoms. The van der Waals surface area contributed by atoms with Crippen molar-refractivity contribution in [3.63, 3.8) is 0 Å². The molecule has 0 unspecified atom stereocenters. The van der Waals surface area contributed by atoms with Crippen LogP contribution in [0.1, 0.15) is 44.9 Å². The van der Waals surface area contributed by atoms with E-state index in [1.54, 1.807) is 0 Å². The molecule has 2 rings (SSSR count). The van der Waals surface area contributed by atoms with E-state index < -0.39 is 20.5 Å². The van der Waals surface area contributed by atoms with Gasteiger partial charge in [0.05, 0.1) is 10.6 Å². The van der Waals surface area contributed by atoms with Crippen molar-refractivity contribution in [2.45, 2.75) is 55.6 Å². The molecule has 1 aliphatic carbocycles. The van der Waals surface area contributed by atoms with Gasteiger partial charge < -0.3 is 5.32 Å². The Labute approximate surface area is 135 Å². The molecule has 7 heteroatoms. The van der Waals surface area contributed by atoms with Crippen molar-refractivity contribution in [3.8, 4) is 0 Å². The average Bonchev–Trinajstić information content (AvgIpc) is 2.54. The van der Waals surface area contributed by atoms with Crippen molar-refractivity contribution in [1.82, 2.24) is 0 Å². The van der Waals surface area contributed by atoms with Crippen LogP contribution in [0.4, 0.5) is 14.5 Å². The Hall–Kier alpha value is -1.50. The van der Waals surface area contributed by atoms with E-state index in [2.05, 4.69) is 5.32 Å². The average molecular weight is 345 g/mol. The van der Waals surface area contributed by atoms with Gasteiger partial charge in [-0.25, -0.2) is 8.42 Å². The molecule has 1 saturated carbocycles. The molecule has 1 aliphatic rings. The maximum atomic E-state index is 12.7. The Morgan fingerprint density at radius 2 is 1.83 bits per heavy atom. The summed E-state index contributed by atoms with van der Waals surface area (Å²) in [5.41, 5.74) is -0.0820. The predicted molar refractivity (Wildman–Crippen MR) is 84.1 cm³/mol. The smallest absolute Gasteiger partial charge is 0.325 e. The first-order valence-electron chi connectivity index (χ1n) is 7.82. The Balaban J connectivity index is 2.01. The second kappa shape index (κ2) is 7.86. The second-order valence-electron chi connectivity index (χ2n) is 5.89. The molecule has 1 aromatic rings. The van der Waals surface area contributed by atoms with Gasteiger partial charge in [-0.15, -0.1) is 0 Å². The van der Waals surface area contributed by atoms with Gasteiger partial charge in [-0.3, -0.25) is 4.79 Å². The molecule has 0 bridgehead atoms. The van der Waals surface area contributed by atoms with Crippen LogP contribution in [-0.4, -0.2) is 20.1 Å². The molecule has 128 valence electrons. The number of benzene rings is 1. The number of nitrogens with one attached hydrogen (secondary N) is 1. The number of anilines is 1. The normalized spacial score (nSPS) is 16.5. The van der Waals surface area contributed by atoms with Crippen molar-refractivity contribution >= 4 is 21.4 Å². The third-order valence-electron chi connectivity index (χ3n) is 4.21. The lowest BCUT2D eigenvalue weighted by molar-refractivity contribution is -0.116. The number of rotatable bonds is 6. The van der Waals surface area contributed by atoms with Crippen molar-refractivity contribution in [2.75, 3.05) is 5.32 Å². The highest BCUT2D eigenvalue weighted by Gasteiger charge is 2.29. The van der Waals surface area contributed by atoms with E-state index in [4.69, 9.17) is 0 Å². The third-order valence-corrected chi connectivity index (χ3v) is 5.64. The minimum absolute atomic E-state index is 0.0820. The molecule has 1 N–H and O–H groups in total. The molecular weight excluding hydrogens is 324 g/mol. The van der Waals surface area contributed by atoms with Gasteiger partial charge >= 0.3 is 5.76 Å². The molecule has 0 atom stereocenters. The number of hydrogen-bond acceptors (Lipinski definition) is 3. The maximum Gasteiger partial charge on any atom is 0.341 e. The summed E-state index contributed by atoms with van der Waals surface area (Å²) in [5, 5.41) is 2.46. The van der Waals surface area contributed by atoms with Crippen LogP contribution < -0.4 is 5.32 Å². The number of halogens is 2. The summed E-state index contributed by atoms with van der Waals surface area (Å²) in [6.45, 7) is 0. The van der Waals surface area contributed by atoms with Crippen LogP contribution in [0, 0.1) is 5.92 Å². The van der Waals surface area contributed by atoms with Gasteiger partial charge in [-0.1, -0.05) is 44.2 Å². The monoisotopic (exact) mass is 345 g/mol. The van der Waals surface area contributed by atoms with E-state index in [0.29, 0.717) is 5.92 Å². The van der Waals surface area contributed by atoms with Crippen molar-refractivity contribution < 1.29 is 22.0 Å². The predicted octanol–water partition coefficient (Wildman–Crippen LogP) is 3.98. The van der Waals surface area contributed by atoms with Crippen LogP contribution >= 0.6 is 0 Å². The van der Waals surface area contributed by atoms with E-state index in [9.17, 15) is 22.0 Å². The van der Waals surface area contributed by atoms with E-state index in [1.165, 1.54) is 37.5 Å². The fourth-order valence-corrected chi connectivity index (χ4v) is 3.82. The summed E-state index contributed by atoms with van der Waals surface area (Å²) < 4.78 is 48.7. The Morgan fingerprint density at radius 3 is 2.48 bits per heavy atom. The largest absolute Gasteiger partial charge is 0.341 e. The molecule has 0 aromatic heterocycles.